The summed E-state index contributed by atoms with van der Waals surface area (Å²) in [7, 11) is 0. The molecule has 0 aliphatic rings. The van der Waals surface area contributed by atoms with E-state index in [1.807, 2.05) is 0 Å². The summed E-state index contributed by atoms with van der Waals surface area (Å²) in [5, 5.41) is 3.35. The lowest BCUT2D eigenvalue weighted by Crippen LogP contribution is -2.12. The highest BCUT2D eigenvalue weighted by Crippen LogP contribution is 2.23. The first-order valence-corrected chi connectivity index (χ1v) is 7.57. The predicted molar refractivity (Wildman–Crippen MR) is 84.7 cm³/mol. The molecule has 2 heteroatoms. The van der Waals surface area contributed by atoms with Crippen LogP contribution in [0.25, 0.3) is 11.3 Å². The van der Waals surface area contributed by atoms with Crippen LogP contribution in [0, 0.1) is 5.92 Å². The van der Waals surface area contributed by atoms with Crippen LogP contribution in [0.1, 0.15) is 38.5 Å². The Morgan fingerprint density at radius 3 is 2.45 bits per heavy atom. The van der Waals surface area contributed by atoms with E-state index in [2.05, 4.69) is 62.5 Å². The van der Waals surface area contributed by atoms with E-state index >= 15 is 0 Å². The Kier molecular flexibility index (Phi) is 5.42. The van der Waals surface area contributed by atoms with E-state index in [4.69, 9.17) is 4.42 Å². The molecular weight excluding hydrogens is 246 g/mol. The predicted octanol–water partition coefficient (Wildman–Crippen LogP) is 4.64. The van der Waals surface area contributed by atoms with Gasteiger partial charge in [-0.25, -0.2) is 0 Å². The molecule has 1 heterocycles. The van der Waals surface area contributed by atoms with E-state index in [1.165, 1.54) is 5.56 Å². The van der Waals surface area contributed by atoms with Gasteiger partial charge < -0.3 is 9.73 Å². The van der Waals surface area contributed by atoms with Gasteiger partial charge >= 0.3 is 0 Å². The Bertz CT molecular complexity index is 510. The number of hydrogen-bond acceptors (Lipinski definition) is 2. The molecule has 2 rings (SSSR count). The zero-order valence-electron chi connectivity index (χ0n) is 12.8. The molecule has 0 aliphatic carbocycles. The van der Waals surface area contributed by atoms with Crippen LogP contribution in [0.2, 0.25) is 0 Å². The first kappa shape index (κ1) is 14.9. The van der Waals surface area contributed by atoms with E-state index < -0.39 is 0 Å². The molecule has 20 heavy (non-hydrogen) atoms. The van der Waals surface area contributed by atoms with Crippen LogP contribution in [-0.2, 0) is 13.0 Å². The van der Waals surface area contributed by atoms with Crippen molar-refractivity contribution in [2.75, 3.05) is 6.54 Å². The quantitative estimate of drug-likeness (QED) is 0.742. The summed E-state index contributed by atoms with van der Waals surface area (Å²) in [6.07, 6.45) is 2.27. The summed E-state index contributed by atoms with van der Waals surface area (Å²) in [5.74, 6) is 2.65. The minimum Gasteiger partial charge on any atom is -0.460 e. The summed E-state index contributed by atoms with van der Waals surface area (Å²) < 4.78 is 5.87. The maximum Gasteiger partial charge on any atom is 0.134 e. The molecule has 2 aromatic rings. The summed E-state index contributed by atoms with van der Waals surface area (Å²) in [6.45, 7) is 8.49. The standard InChI is InChI=1S/C18H25NO/c1-4-11-19-13-17-9-10-18(20-17)16-7-5-15(6-8-16)12-14(2)3/h5-10,14,19H,4,11-13H2,1-3H3. The Morgan fingerprint density at radius 2 is 1.80 bits per heavy atom. The maximum atomic E-state index is 5.87. The molecule has 1 N–H and O–H groups in total. The van der Waals surface area contributed by atoms with Crippen LogP contribution in [0.5, 0.6) is 0 Å². The van der Waals surface area contributed by atoms with Crippen LogP contribution in [0.15, 0.2) is 40.8 Å². The minimum absolute atomic E-state index is 0.695. The van der Waals surface area contributed by atoms with Gasteiger partial charge in [0.1, 0.15) is 11.5 Å². The zero-order valence-corrected chi connectivity index (χ0v) is 12.8. The Balaban J connectivity index is 2.00. The van der Waals surface area contributed by atoms with E-state index in [1.54, 1.807) is 0 Å². The van der Waals surface area contributed by atoms with Crippen molar-refractivity contribution in [1.82, 2.24) is 5.32 Å². The van der Waals surface area contributed by atoms with Gasteiger partial charge in [-0.3, -0.25) is 0 Å². The van der Waals surface area contributed by atoms with Gasteiger partial charge in [-0.2, -0.15) is 0 Å². The average Bonchev–Trinajstić information content (AvgIpc) is 2.88. The fourth-order valence-electron chi connectivity index (χ4n) is 2.29. The zero-order chi connectivity index (χ0) is 14.4. The van der Waals surface area contributed by atoms with Crippen LogP contribution in [0.4, 0.5) is 0 Å². The van der Waals surface area contributed by atoms with Crippen molar-refractivity contribution >= 4 is 0 Å². The van der Waals surface area contributed by atoms with Crippen molar-refractivity contribution in [3.63, 3.8) is 0 Å². The lowest BCUT2D eigenvalue weighted by Gasteiger charge is -2.05. The molecule has 0 saturated heterocycles. The van der Waals surface area contributed by atoms with E-state index in [0.29, 0.717) is 5.92 Å². The molecule has 0 unspecified atom stereocenters. The van der Waals surface area contributed by atoms with Gasteiger partial charge in [0, 0.05) is 5.56 Å². The van der Waals surface area contributed by atoms with Crippen molar-refractivity contribution in [3.8, 4) is 11.3 Å². The molecule has 0 amide bonds. The Labute approximate surface area is 122 Å². The number of hydrogen-bond donors (Lipinski definition) is 1. The second-order valence-electron chi connectivity index (χ2n) is 5.74. The Hall–Kier alpha value is -1.54. The summed E-state index contributed by atoms with van der Waals surface area (Å²) in [6, 6.07) is 12.8. The lowest BCUT2D eigenvalue weighted by molar-refractivity contribution is 0.493. The molecule has 0 fully saturated rings. The van der Waals surface area contributed by atoms with Crippen LogP contribution >= 0.6 is 0 Å². The number of nitrogens with one attached hydrogen (secondary N) is 1. The minimum atomic E-state index is 0.695. The number of rotatable bonds is 7. The smallest absolute Gasteiger partial charge is 0.134 e. The highest BCUT2D eigenvalue weighted by atomic mass is 16.3. The largest absolute Gasteiger partial charge is 0.460 e. The van der Waals surface area contributed by atoms with Gasteiger partial charge in [-0.1, -0.05) is 45.0 Å². The molecule has 0 saturated carbocycles. The average molecular weight is 271 g/mol. The number of benzene rings is 1. The lowest BCUT2D eigenvalue weighted by atomic mass is 10.0. The highest BCUT2D eigenvalue weighted by Gasteiger charge is 2.05. The van der Waals surface area contributed by atoms with E-state index in [9.17, 15) is 0 Å². The van der Waals surface area contributed by atoms with Gasteiger partial charge in [0.2, 0.25) is 0 Å². The number of furan rings is 1. The first-order chi connectivity index (χ1) is 9.69. The third-order valence-corrected chi connectivity index (χ3v) is 3.27. The van der Waals surface area contributed by atoms with Crippen LogP contribution < -0.4 is 5.32 Å². The molecule has 0 spiro atoms. The molecule has 108 valence electrons. The van der Waals surface area contributed by atoms with Gasteiger partial charge in [-0.05, 0) is 43.0 Å². The second-order valence-corrected chi connectivity index (χ2v) is 5.74. The van der Waals surface area contributed by atoms with Gasteiger partial charge in [-0.15, -0.1) is 0 Å². The van der Waals surface area contributed by atoms with Crippen molar-refractivity contribution in [3.05, 3.63) is 47.7 Å². The van der Waals surface area contributed by atoms with Crippen molar-refractivity contribution in [2.24, 2.45) is 5.92 Å². The van der Waals surface area contributed by atoms with Crippen molar-refractivity contribution < 1.29 is 4.42 Å². The van der Waals surface area contributed by atoms with Crippen LogP contribution in [-0.4, -0.2) is 6.54 Å². The van der Waals surface area contributed by atoms with Gasteiger partial charge in [0.05, 0.1) is 6.54 Å². The fourth-order valence-corrected chi connectivity index (χ4v) is 2.29. The van der Waals surface area contributed by atoms with E-state index in [0.717, 1.165) is 43.0 Å². The second kappa shape index (κ2) is 7.30. The summed E-state index contributed by atoms with van der Waals surface area (Å²) in [4.78, 5) is 0. The SMILES string of the molecule is CCCNCc1ccc(-c2ccc(CC(C)C)cc2)o1. The third kappa shape index (κ3) is 4.24. The van der Waals surface area contributed by atoms with Crippen molar-refractivity contribution in [1.29, 1.82) is 0 Å². The monoisotopic (exact) mass is 271 g/mol. The molecule has 2 nitrogen and oxygen atoms in total. The summed E-state index contributed by atoms with van der Waals surface area (Å²) >= 11 is 0. The van der Waals surface area contributed by atoms with Crippen LogP contribution in [0.3, 0.4) is 0 Å². The van der Waals surface area contributed by atoms with Gasteiger partial charge in [0.15, 0.2) is 0 Å². The maximum absolute atomic E-state index is 5.87. The molecule has 0 bridgehead atoms. The molecule has 0 atom stereocenters. The third-order valence-electron chi connectivity index (χ3n) is 3.27. The van der Waals surface area contributed by atoms with Gasteiger partial charge in [0.25, 0.3) is 0 Å². The first-order valence-electron chi connectivity index (χ1n) is 7.57. The normalized spacial score (nSPS) is 11.2. The molecule has 1 aromatic heterocycles. The molecule has 0 radical (unpaired) electrons. The molecule has 0 aliphatic heterocycles. The topological polar surface area (TPSA) is 25.2 Å². The molecule has 1 aromatic carbocycles. The van der Waals surface area contributed by atoms with E-state index in [-0.39, 0.29) is 0 Å². The Morgan fingerprint density at radius 1 is 1.05 bits per heavy atom. The molecular formula is C18H25NO. The summed E-state index contributed by atoms with van der Waals surface area (Å²) in [5.41, 5.74) is 2.54. The van der Waals surface area contributed by atoms with Crippen molar-refractivity contribution in [2.45, 2.75) is 40.2 Å². The fraction of sp³-hybridized carbons (Fsp3) is 0.444. The highest BCUT2D eigenvalue weighted by molar-refractivity contribution is 5.57.